The van der Waals surface area contributed by atoms with Crippen molar-refractivity contribution < 1.29 is 0 Å². The standard InChI is InChI=1S/C15H20N4/c1-2-3-9-18-15(16)19-11-13-7-4-6-12-8-5-10-17-14(12)13/h4-8,10H,2-3,9,11H2,1H3,(H3,16,18,19). The van der Waals surface area contributed by atoms with Crippen LogP contribution in [0, 0.1) is 0 Å². The topological polar surface area (TPSA) is 63.3 Å². The number of nitrogens with one attached hydrogen (secondary N) is 1. The second-order valence-corrected chi connectivity index (χ2v) is 4.47. The van der Waals surface area contributed by atoms with Crippen LogP contribution in [0.15, 0.2) is 41.5 Å². The molecule has 4 nitrogen and oxygen atoms in total. The van der Waals surface area contributed by atoms with E-state index in [0.29, 0.717) is 12.5 Å². The first-order valence-electron chi connectivity index (χ1n) is 6.67. The highest BCUT2D eigenvalue weighted by atomic mass is 15.1. The Morgan fingerprint density at radius 2 is 2.16 bits per heavy atom. The maximum Gasteiger partial charge on any atom is 0.188 e. The van der Waals surface area contributed by atoms with Crippen molar-refractivity contribution in [1.82, 2.24) is 10.3 Å². The molecule has 1 heterocycles. The summed E-state index contributed by atoms with van der Waals surface area (Å²) >= 11 is 0. The van der Waals surface area contributed by atoms with Crippen molar-refractivity contribution in [1.29, 1.82) is 0 Å². The van der Waals surface area contributed by atoms with Gasteiger partial charge in [0.25, 0.3) is 0 Å². The Hall–Kier alpha value is -2.10. The Balaban J connectivity index is 2.07. The van der Waals surface area contributed by atoms with Gasteiger partial charge in [-0.2, -0.15) is 0 Å². The number of pyridine rings is 1. The first-order valence-corrected chi connectivity index (χ1v) is 6.67. The Labute approximate surface area is 113 Å². The van der Waals surface area contributed by atoms with Crippen LogP contribution >= 0.6 is 0 Å². The summed E-state index contributed by atoms with van der Waals surface area (Å²) in [6, 6.07) is 10.1. The van der Waals surface area contributed by atoms with Crippen molar-refractivity contribution in [3.63, 3.8) is 0 Å². The number of guanidine groups is 1. The second kappa shape index (κ2) is 6.73. The molecule has 0 bridgehead atoms. The maximum absolute atomic E-state index is 5.82. The zero-order chi connectivity index (χ0) is 13.5. The van der Waals surface area contributed by atoms with Gasteiger partial charge in [-0.25, -0.2) is 4.99 Å². The van der Waals surface area contributed by atoms with E-state index in [4.69, 9.17) is 5.73 Å². The summed E-state index contributed by atoms with van der Waals surface area (Å²) in [4.78, 5) is 8.76. The van der Waals surface area contributed by atoms with Crippen molar-refractivity contribution in [2.45, 2.75) is 26.3 Å². The van der Waals surface area contributed by atoms with Crippen molar-refractivity contribution in [3.8, 4) is 0 Å². The number of unbranched alkanes of at least 4 members (excludes halogenated alkanes) is 1. The van der Waals surface area contributed by atoms with Crippen molar-refractivity contribution in [2.75, 3.05) is 6.54 Å². The van der Waals surface area contributed by atoms with Crippen molar-refractivity contribution >= 4 is 16.9 Å². The fourth-order valence-corrected chi connectivity index (χ4v) is 1.91. The van der Waals surface area contributed by atoms with E-state index in [0.717, 1.165) is 35.9 Å². The third kappa shape index (κ3) is 3.68. The zero-order valence-corrected chi connectivity index (χ0v) is 11.3. The van der Waals surface area contributed by atoms with Crippen molar-refractivity contribution in [3.05, 3.63) is 42.1 Å². The summed E-state index contributed by atoms with van der Waals surface area (Å²) in [7, 11) is 0. The Morgan fingerprint density at radius 1 is 1.32 bits per heavy atom. The minimum absolute atomic E-state index is 0.501. The molecule has 0 spiro atoms. The van der Waals surface area contributed by atoms with E-state index in [2.05, 4.69) is 34.3 Å². The molecular weight excluding hydrogens is 236 g/mol. The molecule has 0 fully saturated rings. The normalized spacial score (nSPS) is 11.7. The van der Waals surface area contributed by atoms with E-state index in [1.807, 2.05) is 18.2 Å². The van der Waals surface area contributed by atoms with Gasteiger partial charge >= 0.3 is 0 Å². The molecule has 2 aromatic rings. The molecule has 0 unspecified atom stereocenters. The highest BCUT2D eigenvalue weighted by molar-refractivity contribution is 5.82. The number of hydrogen-bond donors (Lipinski definition) is 2. The van der Waals surface area contributed by atoms with Gasteiger partial charge in [-0.15, -0.1) is 0 Å². The lowest BCUT2D eigenvalue weighted by Crippen LogP contribution is -2.32. The van der Waals surface area contributed by atoms with Gasteiger partial charge < -0.3 is 11.1 Å². The second-order valence-electron chi connectivity index (χ2n) is 4.47. The van der Waals surface area contributed by atoms with Crippen LogP contribution in [0.4, 0.5) is 0 Å². The van der Waals surface area contributed by atoms with E-state index in [-0.39, 0.29) is 0 Å². The van der Waals surface area contributed by atoms with Crippen LogP contribution in [-0.4, -0.2) is 17.5 Å². The van der Waals surface area contributed by atoms with E-state index in [1.165, 1.54) is 0 Å². The number of fused-ring (bicyclic) bond motifs is 1. The number of hydrogen-bond acceptors (Lipinski definition) is 2. The van der Waals surface area contributed by atoms with Gasteiger partial charge in [0.1, 0.15) is 0 Å². The number of nitrogens with two attached hydrogens (primary N) is 1. The third-order valence-corrected chi connectivity index (χ3v) is 2.97. The molecule has 4 heteroatoms. The van der Waals surface area contributed by atoms with Gasteiger partial charge in [0.05, 0.1) is 12.1 Å². The van der Waals surface area contributed by atoms with Gasteiger partial charge in [-0.1, -0.05) is 37.6 Å². The zero-order valence-electron chi connectivity index (χ0n) is 11.3. The summed E-state index contributed by atoms with van der Waals surface area (Å²) in [6.07, 6.45) is 4.05. The van der Waals surface area contributed by atoms with Crippen LogP contribution in [0.25, 0.3) is 10.9 Å². The number of para-hydroxylation sites is 1. The van der Waals surface area contributed by atoms with Gasteiger partial charge in [0.15, 0.2) is 5.96 Å². The lowest BCUT2D eigenvalue weighted by Gasteiger charge is -2.06. The van der Waals surface area contributed by atoms with Gasteiger partial charge in [-0.05, 0) is 18.1 Å². The van der Waals surface area contributed by atoms with E-state index in [9.17, 15) is 0 Å². The molecule has 19 heavy (non-hydrogen) atoms. The number of benzene rings is 1. The predicted octanol–water partition coefficient (Wildman–Crippen LogP) is 2.44. The molecule has 0 aliphatic heterocycles. The molecule has 0 amide bonds. The smallest absolute Gasteiger partial charge is 0.188 e. The van der Waals surface area contributed by atoms with Gasteiger partial charge in [0.2, 0.25) is 0 Å². The minimum Gasteiger partial charge on any atom is -0.370 e. The molecule has 1 aromatic heterocycles. The summed E-state index contributed by atoms with van der Waals surface area (Å²) in [6.45, 7) is 3.58. The summed E-state index contributed by atoms with van der Waals surface area (Å²) in [5, 5.41) is 4.24. The van der Waals surface area contributed by atoms with Crippen LogP contribution in [0.5, 0.6) is 0 Å². The number of nitrogens with zero attached hydrogens (tertiary/aromatic N) is 2. The molecule has 2 rings (SSSR count). The monoisotopic (exact) mass is 256 g/mol. The Kier molecular flexibility index (Phi) is 4.72. The molecule has 0 atom stereocenters. The van der Waals surface area contributed by atoms with Gasteiger partial charge in [0, 0.05) is 18.1 Å². The van der Waals surface area contributed by atoms with E-state index < -0.39 is 0 Å². The number of rotatable bonds is 5. The fourth-order valence-electron chi connectivity index (χ4n) is 1.91. The highest BCUT2D eigenvalue weighted by Crippen LogP contribution is 2.16. The first-order chi connectivity index (χ1) is 9.31. The summed E-state index contributed by atoms with van der Waals surface area (Å²) in [5.41, 5.74) is 7.92. The number of aromatic nitrogens is 1. The Bertz CT molecular complexity index is 558. The first kappa shape index (κ1) is 13.3. The highest BCUT2D eigenvalue weighted by Gasteiger charge is 2.00. The van der Waals surface area contributed by atoms with Crippen LogP contribution in [0.3, 0.4) is 0 Å². The van der Waals surface area contributed by atoms with Crippen LogP contribution in [0.1, 0.15) is 25.3 Å². The molecular formula is C15H20N4. The average Bonchev–Trinajstić information content (AvgIpc) is 2.45. The SMILES string of the molecule is CCCCNC(N)=NCc1cccc2cccnc12. The Morgan fingerprint density at radius 3 is 3.00 bits per heavy atom. The summed E-state index contributed by atoms with van der Waals surface area (Å²) < 4.78 is 0. The largest absolute Gasteiger partial charge is 0.370 e. The average molecular weight is 256 g/mol. The van der Waals surface area contributed by atoms with Gasteiger partial charge in [-0.3, -0.25) is 4.98 Å². The van der Waals surface area contributed by atoms with Crippen LogP contribution in [0.2, 0.25) is 0 Å². The molecule has 0 saturated carbocycles. The molecule has 100 valence electrons. The molecule has 3 N–H and O–H groups in total. The molecule has 0 saturated heterocycles. The summed E-state index contributed by atoms with van der Waals surface area (Å²) in [5.74, 6) is 0.501. The number of aliphatic imine (C=N–C) groups is 1. The quantitative estimate of drug-likeness (QED) is 0.490. The minimum atomic E-state index is 0.501. The lowest BCUT2D eigenvalue weighted by atomic mass is 10.1. The molecule has 1 aromatic carbocycles. The van der Waals surface area contributed by atoms with E-state index in [1.54, 1.807) is 6.20 Å². The molecule has 0 radical (unpaired) electrons. The van der Waals surface area contributed by atoms with Crippen LogP contribution < -0.4 is 11.1 Å². The predicted molar refractivity (Wildman–Crippen MR) is 80.0 cm³/mol. The lowest BCUT2D eigenvalue weighted by molar-refractivity contribution is 0.748. The van der Waals surface area contributed by atoms with E-state index >= 15 is 0 Å². The molecule has 0 aliphatic rings. The van der Waals surface area contributed by atoms with Crippen molar-refractivity contribution in [2.24, 2.45) is 10.7 Å². The fraction of sp³-hybridized carbons (Fsp3) is 0.333. The maximum atomic E-state index is 5.82. The third-order valence-electron chi connectivity index (χ3n) is 2.97. The van der Waals surface area contributed by atoms with Crippen LogP contribution in [-0.2, 0) is 6.54 Å². The molecule has 0 aliphatic carbocycles.